The van der Waals surface area contributed by atoms with Crippen molar-refractivity contribution in [3.63, 3.8) is 0 Å². The van der Waals surface area contributed by atoms with Crippen LogP contribution in [-0.4, -0.2) is 29.0 Å². The minimum Gasteiger partial charge on any atom is -0.368 e. The molecular formula is C8H14N2O. The fraction of sp³-hybridized carbons (Fsp3) is 0.625. The summed E-state index contributed by atoms with van der Waals surface area (Å²) in [7, 11) is 1.86. The van der Waals surface area contributed by atoms with Gasteiger partial charge in [0.1, 0.15) is 0 Å². The summed E-state index contributed by atoms with van der Waals surface area (Å²) in [4.78, 5) is 6.02. The first kappa shape index (κ1) is 8.27. The highest BCUT2D eigenvalue weighted by Gasteiger charge is 2.20. The van der Waals surface area contributed by atoms with Crippen molar-refractivity contribution in [3.8, 4) is 0 Å². The predicted octanol–water partition coefficient (Wildman–Crippen LogP) is 0.963. The Bertz CT molecular complexity index is 230. The minimum absolute atomic E-state index is 0.543. The number of aliphatic hydroxyl groups is 1. The van der Waals surface area contributed by atoms with Gasteiger partial charge in [-0.25, -0.2) is 0 Å². The van der Waals surface area contributed by atoms with Crippen LogP contribution >= 0.6 is 0 Å². The zero-order valence-corrected chi connectivity index (χ0v) is 7.42. The second-order valence-electron chi connectivity index (χ2n) is 2.91. The minimum atomic E-state index is -0.543. The van der Waals surface area contributed by atoms with Crippen molar-refractivity contribution in [3.05, 3.63) is 11.4 Å². The quantitative estimate of drug-likeness (QED) is 0.564. The van der Waals surface area contributed by atoms with Gasteiger partial charge in [-0.15, -0.1) is 0 Å². The van der Waals surface area contributed by atoms with Crippen molar-refractivity contribution < 1.29 is 5.11 Å². The van der Waals surface area contributed by atoms with E-state index in [1.165, 1.54) is 0 Å². The van der Waals surface area contributed by atoms with Crippen LogP contribution in [0.2, 0.25) is 0 Å². The van der Waals surface area contributed by atoms with E-state index in [1.807, 2.05) is 32.7 Å². The van der Waals surface area contributed by atoms with Crippen molar-refractivity contribution in [2.75, 3.05) is 7.05 Å². The van der Waals surface area contributed by atoms with Crippen LogP contribution in [0.25, 0.3) is 0 Å². The average Bonchev–Trinajstić information content (AvgIpc) is 1.97. The number of hydrogen-bond acceptors (Lipinski definition) is 3. The maximum absolute atomic E-state index is 9.50. The first-order valence-corrected chi connectivity index (χ1v) is 3.67. The summed E-state index contributed by atoms with van der Waals surface area (Å²) in [6, 6.07) is 0. The molecular weight excluding hydrogens is 140 g/mol. The highest BCUT2D eigenvalue weighted by molar-refractivity contribution is 5.87. The van der Waals surface area contributed by atoms with Crippen LogP contribution in [0, 0.1) is 0 Å². The van der Waals surface area contributed by atoms with Crippen LogP contribution in [0.3, 0.4) is 0 Å². The molecule has 0 aromatic carbocycles. The molecule has 0 radical (unpaired) electrons. The zero-order chi connectivity index (χ0) is 8.59. The van der Waals surface area contributed by atoms with E-state index in [0.717, 1.165) is 17.1 Å². The molecule has 1 aliphatic heterocycles. The van der Waals surface area contributed by atoms with E-state index in [1.54, 1.807) is 0 Å². The number of nitrogens with zero attached hydrogens (tertiary/aromatic N) is 2. The third kappa shape index (κ3) is 1.28. The third-order valence-electron chi connectivity index (χ3n) is 2.14. The van der Waals surface area contributed by atoms with Crippen LogP contribution in [0.1, 0.15) is 20.8 Å². The van der Waals surface area contributed by atoms with Gasteiger partial charge in [0.15, 0.2) is 6.23 Å². The van der Waals surface area contributed by atoms with Crippen molar-refractivity contribution in [2.24, 2.45) is 4.99 Å². The highest BCUT2D eigenvalue weighted by Crippen LogP contribution is 2.17. The summed E-state index contributed by atoms with van der Waals surface area (Å²) >= 11 is 0. The topological polar surface area (TPSA) is 35.8 Å². The Hall–Kier alpha value is -0.830. The van der Waals surface area contributed by atoms with E-state index in [-0.39, 0.29) is 0 Å². The second kappa shape index (κ2) is 2.66. The molecule has 1 N–H and O–H groups in total. The number of allylic oxidation sites excluding steroid dienone is 2. The highest BCUT2D eigenvalue weighted by atomic mass is 16.3. The van der Waals surface area contributed by atoms with Crippen LogP contribution in [0.15, 0.2) is 16.4 Å². The van der Waals surface area contributed by atoms with E-state index in [0.29, 0.717) is 0 Å². The molecule has 0 saturated heterocycles. The SMILES string of the molecule is CC1=NC(C)=C(C)N(C)C1O. The fourth-order valence-electron chi connectivity index (χ4n) is 1.12. The molecule has 11 heavy (non-hydrogen) atoms. The molecule has 0 saturated carbocycles. The summed E-state index contributed by atoms with van der Waals surface area (Å²) in [5.74, 6) is 0. The predicted molar refractivity (Wildman–Crippen MR) is 45.3 cm³/mol. The third-order valence-corrected chi connectivity index (χ3v) is 2.14. The number of aliphatic imine (C=N–C) groups is 1. The molecule has 0 amide bonds. The number of hydrogen-bond donors (Lipinski definition) is 1. The Kier molecular flexibility index (Phi) is 2.00. The van der Waals surface area contributed by atoms with E-state index in [4.69, 9.17) is 0 Å². The molecule has 1 atom stereocenters. The standard InChI is InChI=1S/C8H14N2O/c1-5-7(3)10(4)8(11)6(2)9-5/h8,11H,1-4H3. The molecule has 1 rings (SSSR count). The first-order chi connectivity index (χ1) is 5.04. The van der Waals surface area contributed by atoms with Crippen molar-refractivity contribution in [1.82, 2.24) is 4.90 Å². The molecule has 0 aliphatic carbocycles. The summed E-state index contributed by atoms with van der Waals surface area (Å²) in [6.45, 7) is 5.73. The van der Waals surface area contributed by atoms with Gasteiger partial charge in [0.05, 0.1) is 11.4 Å². The Morgan fingerprint density at radius 3 is 2.45 bits per heavy atom. The van der Waals surface area contributed by atoms with Crippen LogP contribution in [0.5, 0.6) is 0 Å². The molecule has 0 aromatic rings. The molecule has 62 valence electrons. The van der Waals surface area contributed by atoms with Gasteiger partial charge in [0, 0.05) is 12.7 Å². The maximum atomic E-state index is 9.50. The molecule has 0 fully saturated rings. The van der Waals surface area contributed by atoms with E-state index < -0.39 is 6.23 Å². The van der Waals surface area contributed by atoms with Crippen LogP contribution in [-0.2, 0) is 0 Å². The zero-order valence-electron chi connectivity index (χ0n) is 7.42. The van der Waals surface area contributed by atoms with Gasteiger partial charge in [-0.05, 0) is 20.8 Å². The van der Waals surface area contributed by atoms with Gasteiger partial charge >= 0.3 is 0 Å². The largest absolute Gasteiger partial charge is 0.368 e. The van der Waals surface area contributed by atoms with Gasteiger partial charge in [0.25, 0.3) is 0 Å². The van der Waals surface area contributed by atoms with Gasteiger partial charge in [-0.3, -0.25) is 4.99 Å². The lowest BCUT2D eigenvalue weighted by Crippen LogP contribution is -2.38. The lowest BCUT2D eigenvalue weighted by molar-refractivity contribution is 0.102. The second-order valence-corrected chi connectivity index (χ2v) is 2.91. The smallest absolute Gasteiger partial charge is 0.165 e. The maximum Gasteiger partial charge on any atom is 0.165 e. The summed E-state index contributed by atoms with van der Waals surface area (Å²) < 4.78 is 0. The Balaban J connectivity index is 3.01. The van der Waals surface area contributed by atoms with Gasteiger partial charge in [0.2, 0.25) is 0 Å². The lowest BCUT2D eigenvalue weighted by atomic mass is 10.2. The Morgan fingerprint density at radius 2 is 1.91 bits per heavy atom. The molecule has 3 nitrogen and oxygen atoms in total. The average molecular weight is 154 g/mol. The van der Waals surface area contributed by atoms with E-state index in [9.17, 15) is 5.11 Å². The van der Waals surface area contributed by atoms with E-state index in [2.05, 4.69) is 4.99 Å². The van der Waals surface area contributed by atoms with Gasteiger partial charge in [-0.1, -0.05) is 0 Å². The molecule has 1 unspecified atom stereocenters. The molecule has 0 bridgehead atoms. The summed E-state index contributed by atoms with van der Waals surface area (Å²) in [5, 5.41) is 9.50. The summed E-state index contributed by atoms with van der Waals surface area (Å²) in [6.07, 6.45) is -0.543. The van der Waals surface area contributed by atoms with Crippen LogP contribution < -0.4 is 0 Å². The van der Waals surface area contributed by atoms with Gasteiger partial charge in [-0.2, -0.15) is 0 Å². The number of rotatable bonds is 0. The molecule has 1 aliphatic rings. The molecule has 3 heteroatoms. The normalized spacial score (nSPS) is 25.7. The lowest BCUT2D eigenvalue weighted by Gasteiger charge is -2.30. The van der Waals surface area contributed by atoms with Crippen molar-refractivity contribution in [1.29, 1.82) is 0 Å². The Labute approximate surface area is 67.0 Å². The molecule has 0 spiro atoms. The Morgan fingerprint density at radius 1 is 1.36 bits per heavy atom. The summed E-state index contributed by atoms with van der Waals surface area (Å²) in [5.41, 5.74) is 2.77. The monoisotopic (exact) mass is 154 g/mol. The molecule has 1 heterocycles. The molecule has 0 aromatic heterocycles. The van der Waals surface area contributed by atoms with Crippen molar-refractivity contribution in [2.45, 2.75) is 27.0 Å². The van der Waals surface area contributed by atoms with Gasteiger partial charge < -0.3 is 10.0 Å². The number of aliphatic hydroxyl groups excluding tert-OH is 1. The van der Waals surface area contributed by atoms with Crippen molar-refractivity contribution >= 4 is 5.71 Å². The fourth-order valence-corrected chi connectivity index (χ4v) is 1.12. The van der Waals surface area contributed by atoms with E-state index >= 15 is 0 Å². The first-order valence-electron chi connectivity index (χ1n) is 3.67. The van der Waals surface area contributed by atoms with Crippen LogP contribution in [0.4, 0.5) is 0 Å².